The lowest BCUT2D eigenvalue weighted by molar-refractivity contribution is 0.121. The van der Waals surface area contributed by atoms with Gasteiger partial charge in [0, 0.05) is 28.4 Å². The zero-order valence-corrected chi connectivity index (χ0v) is 15.4. The van der Waals surface area contributed by atoms with E-state index in [1.807, 2.05) is 11.3 Å². The summed E-state index contributed by atoms with van der Waals surface area (Å²) >= 11 is 2.02. The maximum atomic E-state index is 3.65. The second-order valence-electron chi connectivity index (χ2n) is 7.84. The van der Waals surface area contributed by atoms with Gasteiger partial charge < -0.3 is 5.32 Å². The number of likely N-dealkylation sites (tertiary alicyclic amines) is 1. The molecule has 2 atom stereocenters. The Morgan fingerprint density at radius 2 is 2.05 bits per heavy atom. The van der Waals surface area contributed by atoms with Gasteiger partial charge in [-0.1, -0.05) is 34.6 Å². The second kappa shape index (κ2) is 6.80. The van der Waals surface area contributed by atoms with E-state index in [2.05, 4.69) is 64.0 Å². The van der Waals surface area contributed by atoms with Crippen LogP contribution in [0.2, 0.25) is 0 Å². The van der Waals surface area contributed by atoms with Gasteiger partial charge in [-0.2, -0.15) is 0 Å². The molecule has 1 fully saturated rings. The zero-order valence-electron chi connectivity index (χ0n) is 14.6. The van der Waals surface area contributed by atoms with Crippen molar-refractivity contribution in [2.45, 2.75) is 65.0 Å². The van der Waals surface area contributed by atoms with E-state index in [0.717, 1.165) is 12.5 Å². The van der Waals surface area contributed by atoms with Gasteiger partial charge in [-0.25, -0.2) is 0 Å². The molecule has 0 bridgehead atoms. The summed E-state index contributed by atoms with van der Waals surface area (Å²) < 4.78 is 0. The highest BCUT2D eigenvalue weighted by molar-refractivity contribution is 7.12. The smallest absolute Gasteiger partial charge is 0.0478 e. The first-order valence-electron chi connectivity index (χ1n) is 8.33. The maximum Gasteiger partial charge on any atom is 0.0478 e. The number of rotatable bonds is 4. The Bertz CT molecular complexity index is 444. The van der Waals surface area contributed by atoms with Crippen LogP contribution < -0.4 is 5.32 Å². The number of nitrogens with zero attached hydrogens (tertiary/aromatic N) is 1. The Morgan fingerprint density at radius 1 is 1.33 bits per heavy atom. The van der Waals surface area contributed by atoms with Gasteiger partial charge in [0.25, 0.3) is 0 Å². The number of hydrogen-bond acceptors (Lipinski definition) is 3. The lowest BCUT2D eigenvalue weighted by atomic mass is 9.88. The van der Waals surface area contributed by atoms with E-state index in [-0.39, 0.29) is 5.41 Å². The molecule has 2 nitrogen and oxygen atoms in total. The van der Waals surface area contributed by atoms with Crippen molar-refractivity contribution in [3.63, 3.8) is 0 Å². The molecule has 1 aromatic heterocycles. The second-order valence-corrected chi connectivity index (χ2v) is 8.96. The van der Waals surface area contributed by atoms with Crippen molar-refractivity contribution < 1.29 is 0 Å². The van der Waals surface area contributed by atoms with Gasteiger partial charge in [0.05, 0.1) is 0 Å². The molecule has 1 aliphatic heterocycles. The highest BCUT2D eigenvalue weighted by Crippen LogP contribution is 2.40. The van der Waals surface area contributed by atoms with Crippen molar-refractivity contribution in [3.05, 3.63) is 21.9 Å². The van der Waals surface area contributed by atoms with Gasteiger partial charge in [0.2, 0.25) is 0 Å². The lowest BCUT2D eigenvalue weighted by Gasteiger charge is -2.39. The van der Waals surface area contributed by atoms with Crippen LogP contribution in [0.1, 0.15) is 63.3 Å². The normalized spacial score (nSPS) is 24.7. The highest BCUT2D eigenvalue weighted by Gasteiger charge is 2.32. The van der Waals surface area contributed by atoms with Gasteiger partial charge in [-0.3, -0.25) is 4.90 Å². The molecular weight excluding hydrogens is 276 g/mol. The molecule has 0 aliphatic carbocycles. The Morgan fingerprint density at radius 3 is 2.62 bits per heavy atom. The molecule has 0 radical (unpaired) electrons. The Labute approximate surface area is 134 Å². The Balaban J connectivity index is 2.17. The first kappa shape index (κ1) is 17.0. The quantitative estimate of drug-likeness (QED) is 0.885. The third-order valence-corrected chi connectivity index (χ3v) is 6.03. The predicted molar refractivity (Wildman–Crippen MR) is 94.3 cm³/mol. The van der Waals surface area contributed by atoms with Gasteiger partial charge >= 0.3 is 0 Å². The summed E-state index contributed by atoms with van der Waals surface area (Å²) in [5.74, 6) is 0.734. The Hall–Kier alpha value is -0.380. The lowest BCUT2D eigenvalue weighted by Crippen LogP contribution is -2.41. The first-order valence-corrected chi connectivity index (χ1v) is 9.14. The van der Waals surface area contributed by atoms with E-state index in [0.29, 0.717) is 12.1 Å². The molecule has 0 saturated carbocycles. The number of thiophene rings is 1. The minimum Gasteiger partial charge on any atom is -0.314 e. The van der Waals surface area contributed by atoms with Crippen LogP contribution in [0.3, 0.4) is 0 Å². The number of hydrogen-bond donors (Lipinski definition) is 1. The summed E-state index contributed by atoms with van der Waals surface area (Å²) in [6.07, 6.45) is 2.67. The molecule has 3 heteroatoms. The third kappa shape index (κ3) is 4.30. The molecule has 0 aromatic carbocycles. The summed E-state index contributed by atoms with van der Waals surface area (Å²) in [6, 6.07) is 5.88. The van der Waals surface area contributed by atoms with Crippen molar-refractivity contribution in [2.75, 3.05) is 20.1 Å². The standard InChI is InChI=1S/C18H32N2S/c1-13(2)19-12-14-8-7-11-20(6)17(14)15-9-10-16(21-15)18(3,4)5/h9-10,13-14,17,19H,7-8,11-12H2,1-6H3. The Kier molecular flexibility index (Phi) is 5.50. The van der Waals surface area contributed by atoms with Crippen LogP contribution in [0.4, 0.5) is 0 Å². The molecule has 0 amide bonds. The molecule has 2 heterocycles. The molecular formula is C18H32N2S. The van der Waals surface area contributed by atoms with Crippen molar-refractivity contribution in [2.24, 2.45) is 5.92 Å². The van der Waals surface area contributed by atoms with E-state index in [4.69, 9.17) is 0 Å². The average molecular weight is 309 g/mol. The van der Waals surface area contributed by atoms with Crippen LogP contribution in [0.25, 0.3) is 0 Å². The predicted octanol–water partition coefficient (Wildman–Crippen LogP) is 4.43. The topological polar surface area (TPSA) is 15.3 Å². The van der Waals surface area contributed by atoms with Gasteiger partial charge in [-0.15, -0.1) is 11.3 Å². The van der Waals surface area contributed by atoms with Crippen molar-refractivity contribution in [1.82, 2.24) is 10.2 Å². The fraction of sp³-hybridized carbons (Fsp3) is 0.778. The summed E-state index contributed by atoms with van der Waals surface area (Å²) in [5, 5.41) is 3.65. The van der Waals surface area contributed by atoms with Crippen LogP contribution in [0, 0.1) is 5.92 Å². The van der Waals surface area contributed by atoms with E-state index >= 15 is 0 Å². The van der Waals surface area contributed by atoms with Crippen molar-refractivity contribution in [3.8, 4) is 0 Å². The zero-order chi connectivity index (χ0) is 15.6. The van der Waals surface area contributed by atoms with Crippen LogP contribution in [0.15, 0.2) is 12.1 Å². The molecule has 2 rings (SSSR count). The largest absolute Gasteiger partial charge is 0.314 e. The molecule has 21 heavy (non-hydrogen) atoms. The van der Waals surface area contributed by atoms with Crippen molar-refractivity contribution >= 4 is 11.3 Å². The minimum absolute atomic E-state index is 0.266. The molecule has 120 valence electrons. The van der Waals surface area contributed by atoms with Crippen LogP contribution in [-0.4, -0.2) is 31.1 Å². The molecule has 1 saturated heterocycles. The molecule has 1 aromatic rings. The van der Waals surface area contributed by atoms with E-state index in [9.17, 15) is 0 Å². The highest BCUT2D eigenvalue weighted by atomic mass is 32.1. The molecule has 1 aliphatic rings. The summed E-state index contributed by atoms with van der Waals surface area (Å²) in [7, 11) is 2.29. The maximum absolute atomic E-state index is 3.65. The fourth-order valence-corrected chi connectivity index (χ4v) is 4.55. The number of nitrogens with one attached hydrogen (secondary N) is 1. The SMILES string of the molecule is CC(C)NCC1CCCN(C)C1c1ccc(C(C)(C)C)s1. The number of piperidine rings is 1. The van der Waals surface area contributed by atoms with E-state index < -0.39 is 0 Å². The minimum atomic E-state index is 0.266. The monoisotopic (exact) mass is 308 g/mol. The third-order valence-electron chi connectivity index (χ3n) is 4.45. The van der Waals surface area contributed by atoms with Gasteiger partial charge in [0.1, 0.15) is 0 Å². The van der Waals surface area contributed by atoms with Crippen molar-refractivity contribution in [1.29, 1.82) is 0 Å². The molecule has 1 N–H and O–H groups in total. The van der Waals surface area contributed by atoms with E-state index in [1.54, 1.807) is 4.88 Å². The molecule has 0 spiro atoms. The van der Waals surface area contributed by atoms with Crippen LogP contribution in [-0.2, 0) is 5.41 Å². The summed E-state index contributed by atoms with van der Waals surface area (Å²) in [5.41, 5.74) is 0.266. The fourth-order valence-electron chi connectivity index (χ4n) is 3.22. The summed E-state index contributed by atoms with van der Waals surface area (Å²) in [4.78, 5) is 5.62. The molecule has 2 unspecified atom stereocenters. The van der Waals surface area contributed by atoms with Gasteiger partial charge in [0.15, 0.2) is 0 Å². The summed E-state index contributed by atoms with van der Waals surface area (Å²) in [6.45, 7) is 13.8. The average Bonchev–Trinajstić information content (AvgIpc) is 2.85. The van der Waals surface area contributed by atoms with E-state index in [1.165, 1.54) is 24.3 Å². The first-order chi connectivity index (χ1) is 9.79. The van der Waals surface area contributed by atoms with Crippen LogP contribution in [0.5, 0.6) is 0 Å². The van der Waals surface area contributed by atoms with Crippen LogP contribution >= 0.6 is 11.3 Å². The van der Waals surface area contributed by atoms with Gasteiger partial charge in [-0.05, 0) is 49.9 Å².